The number of ether oxygens (including phenoxy) is 1. The van der Waals surface area contributed by atoms with Crippen LogP contribution in [0.2, 0.25) is 0 Å². The quantitative estimate of drug-likeness (QED) is 0.379. The Kier molecular flexibility index (Phi) is 6.86. The Morgan fingerprint density at radius 3 is 2.21 bits per heavy atom. The van der Waals surface area contributed by atoms with Crippen LogP contribution in [-0.2, 0) is 14.5 Å². The molecule has 3 rings (SSSR count). The molecule has 0 atom stereocenters. The van der Waals surface area contributed by atoms with E-state index < -0.39 is 12.2 Å². The Balaban J connectivity index is 1.39. The SMILES string of the molecule is O=C(O)OOCCCCCNC(=O)OCC1c2ccccc2-c2ccccc21. The largest absolute Gasteiger partial charge is 0.537 e. The Morgan fingerprint density at radius 2 is 1.57 bits per heavy atom. The third-order valence-corrected chi connectivity index (χ3v) is 4.65. The number of amides is 1. The maximum Gasteiger partial charge on any atom is 0.537 e. The summed E-state index contributed by atoms with van der Waals surface area (Å²) in [5.74, 6) is 0.0459. The second kappa shape index (κ2) is 9.75. The van der Waals surface area contributed by atoms with Crippen molar-refractivity contribution in [3.05, 3.63) is 59.7 Å². The Morgan fingerprint density at radius 1 is 0.929 bits per heavy atom. The number of alkyl carbamates (subject to hydrolysis) is 1. The van der Waals surface area contributed by atoms with Gasteiger partial charge in [-0.1, -0.05) is 48.5 Å². The van der Waals surface area contributed by atoms with E-state index in [-0.39, 0.29) is 12.5 Å². The van der Waals surface area contributed by atoms with Gasteiger partial charge in [-0.3, -0.25) is 4.89 Å². The minimum absolute atomic E-state index is 0.0459. The lowest BCUT2D eigenvalue weighted by Crippen LogP contribution is -2.27. The molecule has 0 aliphatic heterocycles. The minimum atomic E-state index is -1.46. The average molecular weight is 385 g/mol. The molecule has 0 radical (unpaired) electrons. The van der Waals surface area contributed by atoms with E-state index in [2.05, 4.69) is 39.4 Å². The van der Waals surface area contributed by atoms with E-state index in [9.17, 15) is 9.59 Å². The second-order valence-corrected chi connectivity index (χ2v) is 6.48. The molecule has 0 saturated carbocycles. The minimum Gasteiger partial charge on any atom is -0.449 e. The highest BCUT2D eigenvalue weighted by Crippen LogP contribution is 2.44. The third kappa shape index (κ3) is 5.01. The van der Waals surface area contributed by atoms with Crippen molar-refractivity contribution in [2.75, 3.05) is 19.8 Å². The summed E-state index contributed by atoms with van der Waals surface area (Å²) in [4.78, 5) is 30.5. The fourth-order valence-corrected chi connectivity index (χ4v) is 3.39. The molecule has 0 heterocycles. The van der Waals surface area contributed by atoms with Crippen molar-refractivity contribution in [1.82, 2.24) is 5.32 Å². The maximum absolute atomic E-state index is 12.0. The van der Waals surface area contributed by atoms with Crippen molar-refractivity contribution in [2.45, 2.75) is 25.2 Å². The lowest BCUT2D eigenvalue weighted by atomic mass is 9.98. The molecule has 0 fully saturated rings. The van der Waals surface area contributed by atoms with Gasteiger partial charge in [-0.05, 0) is 41.5 Å². The average Bonchev–Trinajstić information content (AvgIpc) is 3.02. The zero-order valence-corrected chi connectivity index (χ0v) is 15.4. The molecule has 2 aromatic rings. The van der Waals surface area contributed by atoms with Gasteiger partial charge >= 0.3 is 12.2 Å². The first-order valence-electron chi connectivity index (χ1n) is 9.28. The highest BCUT2D eigenvalue weighted by atomic mass is 17.2. The van der Waals surface area contributed by atoms with Gasteiger partial charge in [0.2, 0.25) is 0 Å². The molecule has 1 amide bonds. The van der Waals surface area contributed by atoms with Crippen molar-refractivity contribution in [3.63, 3.8) is 0 Å². The Bertz CT molecular complexity index is 777. The van der Waals surface area contributed by atoms with E-state index in [0.29, 0.717) is 19.6 Å². The molecule has 2 N–H and O–H groups in total. The topological polar surface area (TPSA) is 94.1 Å². The molecule has 7 heteroatoms. The monoisotopic (exact) mass is 385 g/mol. The number of unbranched alkanes of at least 4 members (excludes halogenated alkanes) is 2. The molecule has 7 nitrogen and oxygen atoms in total. The van der Waals surface area contributed by atoms with Crippen LogP contribution in [0, 0.1) is 0 Å². The van der Waals surface area contributed by atoms with E-state index >= 15 is 0 Å². The summed E-state index contributed by atoms with van der Waals surface area (Å²) in [6.07, 6.45) is 0.247. The lowest BCUT2D eigenvalue weighted by Gasteiger charge is -2.14. The Hall–Kier alpha value is -3.06. The first-order valence-corrected chi connectivity index (χ1v) is 9.28. The fraction of sp³-hybridized carbons (Fsp3) is 0.333. The smallest absolute Gasteiger partial charge is 0.449 e. The first-order chi connectivity index (χ1) is 13.7. The van der Waals surface area contributed by atoms with Gasteiger partial charge in [-0.2, -0.15) is 4.89 Å². The zero-order chi connectivity index (χ0) is 19.8. The molecule has 0 spiro atoms. The number of nitrogens with one attached hydrogen (secondary N) is 1. The van der Waals surface area contributed by atoms with E-state index in [1.54, 1.807) is 0 Å². The predicted molar refractivity (Wildman–Crippen MR) is 102 cm³/mol. The molecule has 1 aliphatic carbocycles. The molecule has 28 heavy (non-hydrogen) atoms. The second-order valence-electron chi connectivity index (χ2n) is 6.48. The number of rotatable bonds is 9. The van der Waals surface area contributed by atoms with Crippen molar-refractivity contribution < 1.29 is 29.2 Å². The zero-order valence-electron chi connectivity index (χ0n) is 15.4. The van der Waals surface area contributed by atoms with Gasteiger partial charge < -0.3 is 15.2 Å². The number of hydrogen-bond donors (Lipinski definition) is 2. The van der Waals surface area contributed by atoms with Crippen LogP contribution >= 0.6 is 0 Å². The summed E-state index contributed by atoms with van der Waals surface area (Å²) >= 11 is 0. The number of carbonyl (C=O) groups excluding carboxylic acids is 1. The summed E-state index contributed by atoms with van der Waals surface area (Å²) in [7, 11) is 0. The van der Waals surface area contributed by atoms with Crippen LogP contribution in [0.15, 0.2) is 48.5 Å². The van der Waals surface area contributed by atoms with E-state index in [0.717, 1.165) is 12.8 Å². The summed E-state index contributed by atoms with van der Waals surface area (Å²) in [6.45, 7) is 0.966. The number of carboxylic acid groups (broad SMARTS) is 1. The highest BCUT2D eigenvalue weighted by molar-refractivity contribution is 5.79. The molecule has 0 bridgehead atoms. The maximum atomic E-state index is 12.0. The van der Waals surface area contributed by atoms with Gasteiger partial charge in [0.05, 0.1) is 6.61 Å². The van der Waals surface area contributed by atoms with Gasteiger partial charge in [-0.25, -0.2) is 9.59 Å². The number of fused-ring (bicyclic) bond motifs is 3. The summed E-state index contributed by atoms with van der Waals surface area (Å²) in [5, 5.41) is 11.0. The third-order valence-electron chi connectivity index (χ3n) is 4.65. The number of benzene rings is 2. The van der Waals surface area contributed by atoms with Crippen LogP contribution in [0.4, 0.5) is 9.59 Å². The van der Waals surface area contributed by atoms with E-state index in [1.807, 2.05) is 24.3 Å². The van der Waals surface area contributed by atoms with Crippen molar-refractivity contribution in [1.29, 1.82) is 0 Å². The van der Waals surface area contributed by atoms with Crippen LogP contribution in [0.25, 0.3) is 11.1 Å². The standard InChI is InChI=1S/C21H23NO6/c23-20(22-12-6-1-7-13-27-28-21(24)25)26-14-19-17-10-4-2-8-15(17)16-9-3-5-11-18(16)19/h2-5,8-11,19H,1,6-7,12-14H2,(H,22,23)(H,24,25). The van der Waals surface area contributed by atoms with Gasteiger partial charge in [-0.15, -0.1) is 0 Å². The number of hydrogen-bond acceptors (Lipinski definition) is 5. The van der Waals surface area contributed by atoms with E-state index in [4.69, 9.17) is 9.84 Å². The van der Waals surface area contributed by atoms with Crippen LogP contribution in [0.3, 0.4) is 0 Å². The van der Waals surface area contributed by atoms with Gasteiger partial charge in [0, 0.05) is 12.5 Å². The molecule has 0 saturated heterocycles. The first kappa shape index (κ1) is 19.7. The molecular formula is C21H23NO6. The van der Waals surface area contributed by atoms with Gasteiger partial charge in [0.15, 0.2) is 0 Å². The Labute approximate surface area is 163 Å². The lowest BCUT2D eigenvalue weighted by molar-refractivity contribution is -0.251. The molecular weight excluding hydrogens is 362 g/mol. The van der Waals surface area contributed by atoms with E-state index in [1.165, 1.54) is 22.3 Å². The molecule has 0 aromatic heterocycles. The summed E-state index contributed by atoms with van der Waals surface area (Å²) in [6, 6.07) is 16.4. The molecule has 1 aliphatic rings. The van der Waals surface area contributed by atoms with Crippen LogP contribution in [0.1, 0.15) is 36.3 Å². The van der Waals surface area contributed by atoms with Crippen LogP contribution < -0.4 is 5.32 Å². The molecule has 2 aromatic carbocycles. The van der Waals surface area contributed by atoms with Gasteiger partial charge in [0.25, 0.3) is 0 Å². The van der Waals surface area contributed by atoms with Crippen molar-refractivity contribution >= 4 is 12.2 Å². The normalized spacial score (nSPS) is 12.1. The van der Waals surface area contributed by atoms with Gasteiger partial charge in [0.1, 0.15) is 6.61 Å². The van der Waals surface area contributed by atoms with Crippen LogP contribution in [-0.4, -0.2) is 37.1 Å². The summed E-state index contributed by atoms with van der Waals surface area (Å²) in [5.41, 5.74) is 4.75. The van der Waals surface area contributed by atoms with Crippen molar-refractivity contribution in [3.8, 4) is 11.1 Å². The molecule has 148 valence electrons. The molecule has 0 unspecified atom stereocenters. The number of carbonyl (C=O) groups is 2. The fourth-order valence-electron chi connectivity index (χ4n) is 3.39. The highest BCUT2D eigenvalue weighted by Gasteiger charge is 2.28. The summed E-state index contributed by atoms with van der Waals surface area (Å²) < 4.78 is 5.45. The van der Waals surface area contributed by atoms with Crippen LogP contribution in [0.5, 0.6) is 0 Å². The van der Waals surface area contributed by atoms with Crippen molar-refractivity contribution in [2.24, 2.45) is 0 Å². The predicted octanol–water partition coefficient (Wildman–Crippen LogP) is 4.32.